The normalized spacial score (nSPS) is 28.4. The van der Waals surface area contributed by atoms with Crippen molar-refractivity contribution in [3.8, 4) is 0 Å². The maximum absolute atomic E-state index is 11.6. The maximum Gasteiger partial charge on any atom is 0.379 e. The van der Waals surface area contributed by atoms with E-state index in [-0.39, 0.29) is 24.2 Å². The quantitative estimate of drug-likeness (QED) is 0.537. The standard InChI is InChI=1S/C10H11ClO4/c1-2-14-10(13)8(12)6-7(11)5-3-4-15-9(5)6/h5,9H,2-4H2,1H3/t5-,9-/m1/s1. The maximum atomic E-state index is 11.6. The number of hydrogen-bond donors (Lipinski definition) is 0. The van der Waals surface area contributed by atoms with Gasteiger partial charge in [0, 0.05) is 17.6 Å². The Morgan fingerprint density at radius 3 is 3.00 bits per heavy atom. The van der Waals surface area contributed by atoms with Gasteiger partial charge in [0.05, 0.1) is 18.3 Å². The van der Waals surface area contributed by atoms with Gasteiger partial charge in [-0.25, -0.2) is 4.79 Å². The summed E-state index contributed by atoms with van der Waals surface area (Å²) in [6.45, 7) is 2.42. The fraction of sp³-hybridized carbons (Fsp3) is 0.600. The number of Topliss-reactive ketones (excluding diaryl/α,β-unsaturated/α-hetero) is 1. The Balaban J connectivity index is 2.12. The van der Waals surface area contributed by atoms with Gasteiger partial charge in [-0.3, -0.25) is 4.79 Å². The van der Waals surface area contributed by atoms with Gasteiger partial charge in [0.1, 0.15) is 0 Å². The van der Waals surface area contributed by atoms with Gasteiger partial charge in [-0.15, -0.1) is 0 Å². The molecule has 15 heavy (non-hydrogen) atoms. The van der Waals surface area contributed by atoms with Crippen LogP contribution in [0.1, 0.15) is 13.3 Å². The van der Waals surface area contributed by atoms with Gasteiger partial charge in [0.15, 0.2) is 0 Å². The van der Waals surface area contributed by atoms with E-state index < -0.39 is 11.8 Å². The highest BCUT2D eigenvalue weighted by atomic mass is 35.5. The molecule has 1 fully saturated rings. The number of ether oxygens (including phenoxy) is 2. The molecule has 0 aromatic carbocycles. The van der Waals surface area contributed by atoms with Crippen LogP contribution in [0.25, 0.3) is 0 Å². The summed E-state index contributed by atoms with van der Waals surface area (Å²) in [5.41, 5.74) is 0.289. The van der Waals surface area contributed by atoms with Gasteiger partial charge in [-0.2, -0.15) is 0 Å². The summed E-state index contributed by atoms with van der Waals surface area (Å²) >= 11 is 5.93. The van der Waals surface area contributed by atoms with E-state index >= 15 is 0 Å². The summed E-state index contributed by atoms with van der Waals surface area (Å²) in [5.74, 6) is -1.40. The first-order valence-electron chi connectivity index (χ1n) is 4.89. The Morgan fingerprint density at radius 1 is 1.60 bits per heavy atom. The lowest BCUT2D eigenvalue weighted by atomic mass is 9.80. The van der Waals surface area contributed by atoms with E-state index in [1.54, 1.807) is 6.92 Å². The Bertz CT molecular complexity index is 347. The predicted octanol–water partition coefficient (Wildman–Crippen LogP) is 1.03. The summed E-state index contributed by atoms with van der Waals surface area (Å²) in [6, 6.07) is 0. The first-order chi connectivity index (χ1) is 7.16. The van der Waals surface area contributed by atoms with E-state index in [1.807, 2.05) is 0 Å². The molecule has 1 saturated heterocycles. The molecule has 0 spiro atoms. The van der Waals surface area contributed by atoms with Crippen LogP contribution in [-0.4, -0.2) is 31.1 Å². The van der Waals surface area contributed by atoms with Crippen molar-refractivity contribution in [2.45, 2.75) is 19.4 Å². The average Bonchev–Trinajstić information content (AvgIpc) is 2.62. The molecule has 0 N–H and O–H groups in total. The monoisotopic (exact) mass is 230 g/mol. The third-order valence-electron chi connectivity index (χ3n) is 2.66. The third kappa shape index (κ3) is 1.58. The number of carbonyl (C=O) groups is 2. The minimum atomic E-state index is -0.848. The molecule has 82 valence electrons. The molecule has 2 rings (SSSR count). The van der Waals surface area contributed by atoms with Crippen LogP contribution in [0.5, 0.6) is 0 Å². The summed E-state index contributed by atoms with van der Waals surface area (Å²) in [6.07, 6.45) is 0.540. The van der Waals surface area contributed by atoms with Crippen molar-refractivity contribution in [3.63, 3.8) is 0 Å². The summed E-state index contributed by atoms with van der Waals surface area (Å²) in [4.78, 5) is 22.8. The van der Waals surface area contributed by atoms with Crippen molar-refractivity contribution in [2.75, 3.05) is 13.2 Å². The summed E-state index contributed by atoms with van der Waals surface area (Å²) < 4.78 is 9.93. The number of hydrogen-bond acceptors (Lipinski definition) is 4. The average molecular weight is 231 g/mol. The molecule has 0 amide bonds. The Labute approximate surface area is 92.2 Å². The SMILES string of the molecule is CCOC(=O)C(=O)C1=C(Cl)[C@H]2CCO[C@@H]12. The fourth-order valence-electron chi connectivity index (χ4n) is 1.92. The second-order valence-electron chi connectivity index (χ2n) is 3.50. The zero-order valence-corrected chi connectivity index (χ0v) is 9.04. The van der Waals surface area contributed by atoms with E-state index in [0.29, 0.717) is 11.6 Å². The van der Waals surface area contributed by atoms with Gasteiger partial charge < -0.3 is 9.47 Å². The minimum absolute atomic E-state index is 0.111. The van der Waals surface area contributed by atoms with Crippen molar-refractivity contribution in [1.82, 2.24) is 0 Å². The van der Waals surface area contributed by atoms with Crippen LogP contribution in [-0.2, 0) is 19.1 Å². The third-order valence-corrected chi connectivity index (χ3v) is 3.15. The van der Waals surface area contributed by atoms with E-state index in [2.05, 4.69) is 4.74 Å². The zero-order chi connectivity index (χ0) is 11.0. The van der Waals surface area contributed by atoms with Crippen molar-refractivity contribution in [1.29, 1.82) is 0 Å². The number of carbonyl (C=O) groups excluding carboxylic acids is 2. The largest absolute Gasteiger partial charge is 0.460 e. The van der Waals surface area contributed by atoms with Crippen molar-refractivity contribution in [3.05, 3.63) is 10.6 Å². The first kappa shape index (κ1) is 10.6. The molecule has 0 aromatic rings. The van der Waals surface area contributed by atoms with Crippen LogP contribution >= 0.6 is 11.6 Å². The Morgan fingerprint density at radius 2 is 2.33 bits per heavy atom. The highest BCUT2D eigenvalue weighted by Gasteiger charge is 2.48. The molecule has 5 heteroatoms. The Kier molecular flexibility index (Phi) is 2.80. The lowest BCUT2D eigenvalue weighted by Crippen LogP contribution is -2.38. The van der Waals surface area contributed by atoms with Gasteiger partial charge in [-0.05, 0) is 13.3 Å². The lowest BCUT2D eigenvalue weighted by molar-refractivity contribution is -0.152. The molecule has 1 aliphatic heterocycles. The molecular formula is C10H11ClO4. The predicted molar refractivity (Wildman–Crippen MR) is 52.4 cm³/mol. The molecular weight excluding hydrogens is 220 g/mol. The molecule has 1 aliphatic carbocycles. The second kappa shape index (κ2) is 3.94. The van der Waals surface area contributed by atoms with E-state index in [0.717, 1.165) is 6.42 Å². The fourth-order valence-corrected chi connectivity index (χ4v) is 2.33. The minimum Gasteiger partial charge on any atom is -0.460 e. The van der Waals surface area contributed by atoms with Crippen LogP contribution < -0.4 is 0 Å². The van der Waals surface area contributed by atoms with Crippen LogP contribution in [0.15, 0.2) is 10.6 Å². The molecule has 0 unspecified atom stereocenters. The highest BCUT2D eigenvalue weighted by Crippen LogP contribution is 2.46. The lowest BCUT2D eigenvalue weighted by Gasteiger charge is -2.30. The van der Waals surface area contributed by atoms with Gasteiger partial charge in [0.2, 0.25) is 0 Å². The van der Waals surface area contributed by atoms with Crippen LogP contribution in [0.3, 0.4) is 0 Å². The van der Waals surface area contributed by atoms with Gasteiger partial charge >= 0.3 is 5.97 Å². The van der Waals surface area contributed by atoms with E-state index in [4.69, 9.17) is 16.3 Å². The molecule has 0 radical (unpaired) electrons. The summed E-state index contributed by atoms with van der Waals surface area (Å²) in [5, 5.41) is 0.468. The molecule has 2 aliphatic rings. The molecule has 0 saturated carbocycles. The number of fused-ring (bicyclic) bond motifs is 1. The van der Waals surface area contributed by atoms with Gasteiger partial charge in [0.25, 0.3) is 5.78 Å². The molecule has 4 nitrogen and oxygen atoms in total. The molecule has 0 aromatic heterocycles. The number of rotatable bonds is 3. The van der Waals surface area contributed by atoms with Crippen LogP contribution in [0, 0.1) is 5.92 Å². The molecule has 0 bridgehead atoms. The van der Waals surface area contributed by atoms with Crippen molar-refractivity contribution in [2.24, 2.45) is 5.92 Å². The molecule has 1 heterocycles. The summed E-state index contributed by atoms with van der Waals surface area (Å²) in [7, 11) is 0. The zero-order valence-electron chi connectivity index (χ0n) is 8.29. The number of halogens is 1. The van der Waals surface area contributed by atoms with Crippen LogP contribution in [0.4, 0.5) is 0 Å². The smallest absolute Gasteiger partial charge is 0.379 e. The first-order valence-corrected chi connectivity index (χ1v) is 5.27. The second-order valence-corrected chi connectivity index (χ2v) is 3.90. The number of esters is 1. The van der Waals surface area contributed by atoms with Crippen molar-refractivity contribution < 1.29 is 19.1 Å². The number of ketones is 1. The Hall–Kier alpha value is -0.870. The van der Waals surface area contributed by atoms with E-state index in [9.17, 15) is 9.59 Å². The highest BCUT2D eigenvalue weighted by molar-refractivity contribution is 6.45. The topological polar surface area (TPSA) is 52.6 Å². The van der Waals surface area contributed by atoms with E-state index in [1.165, 1.54) is 0 Å². The van der Waals surface area contributed by atoms with Crippen molar-refractivity contribution >= 4 is 23.4 Å². The van der Waals surface area contributed by atoms with Gasteiger partial charge in [-0.1, -0.05) is 11.6 Å². The van der Waals surface area contributed by atoms with Crippen LogP contribution in [0.2, 0.25) is 0 Å². The molecule has 2 atom stereocenters.